The molecule has 2 heterocycles. The van der Waals surface area contributed by atoms with Gasteiger partial charge in [0.1, 0.15) is 11.3 Å². The number of rotatable bonds is 3. The van der Waals surface area contributed by atoms with Crippen molar-refractivity contribution in [2.75, 3.05) is 12.4 Å². The fourth-order valence-electron chi connectivity index (χ4n) is 1.89. The highest BCUT2D eigenvalue weighted by Crippen LogP contribution is 2.24. The molecule has 3 rings (SSSR count). The normalized spacial score (nSPS) is 10.4. The molecule has 0 unspecified atom stereocenters. The average molecular weight is 268 g/mol. The summed E-state index contributed by atoms with van der Waals surface area (Å²) in [5.74, 6) is 0.655. The third kappa shape index (κ3) is 2.33. The van der Waals surface area contributed by atoms with Gasteiger partial charge in [-0.25, -0.2) is 0 Å². The van der Waals surface area contributed by atoms with Gasteiger partial charge in [0.2, 0.25) is 0 Å². The molecule has 5 nitrogen and oxygen atoms in total. The number of benzene rings is 1. The van der Waals surface area contributed by atoms with Gasteiger partial charge in [-0.05, 0) is 36.4 Å². The maximum atomic E-state index is 12.1. The fourth-order valence-corrected chi connectivity index (χ4v) is 1.89. The van der Waals surface area contributed by atoms with Gasteiger partial charge in [-0.15, -0.1) is 0 Å². The van der Waals surface area contributed by atoms with E-state index in [0.717, 1.165) is 11.1 Å². The number of carbonyl (C=O) groups is 1. The average Bonchev–Trinajstić information content (AvgIpc) is 2.91. The number of methoxy groups -OCH3 is 1. The van der Waals surface area contributed by atoms with Gasteiger partial charge in [-0.1, -0.05) is 0 Å². The van der Waals surface area contributed by atoms with Crippen molar-refractivity contribution in [1.82, 2.24) is 4.98 Å². The summed E-state index contributed by atoms with van der Waals surface area (Å²) in [7, 11) is 1.59. The zero-order valence-corrected chi connectivity index (χ0v) is 10.8. The van der Waals surface area contributed by atoms with E-state index in [-0.39, 0.29) is 11.7 Å². The van der Waals surface area contributed by atoms with Gasteiger partial charge < -0.3 is 14.5 Å². The van der Waals surface area contributed by atoms with E-state index in [1.54, 1.807) is 49.8 Å². The highest BCUT2D eigenvalue weighted by atomic mass is 16.5. The van der Waals surface area contributed by atoms with E-state index in [1.165, 1.54) is 0 Å². The predicted molar refractivity (Wildman–Crippen MR) is 75.0 cm³/mol. The molecule has 0 fully saturated rings. The van der Waals surface area contributed by atoms with Crippen LogP contribution in [0.1, 0.15) is 10.6 Å². The smallest absolute Gasteiger partial charge is 0.291 e. The van der Waals surface area contributed by atoms with Crippen molar-refractivity contribution in [3.05, 3.63) is 54.6 Å². The Hall–Kier alpha value is -2.82. The van der Waals surface area contributed by atoms with Crippen LogP contribution in [0.25, 0.3) is 11.0 Å². The summed E-state index contributed by atoms with van der Waals surface area (Å²) in [6.45, 7) is 0. The maximum absolute atomic E-state index is 12.1. The van der Waals surface area contributed by atoms with E-state index >= 15 is 0 Å². The number of nitrogens with zero attached hydrogens (tertiary/aromatic N) is 1. The molecule has 1 aromatic carbocycles. The lowest BCUT2D eigenvalue weighted by molar-refractivity contribution is 0.0998. The Morgan fingerprint density at radius 2 is 2.20 bits per heavy atom. The number of hydrogen-bond acceptors (Lipinski definition) is 4. The van der Waals surface area contributed by atoms with Crippen LogP contribution in [0, 0.1) is 0 Å². The molecule has 0 spiro atoms. The molecule has 3 aromatic rings. The predicted octanol–water partition coefficient (Wildman–Crippen LogP) is 3.09. The number of nitrogens with one attached hydrogen (secondary N) is 1. The molecule has 0 aliphatic carbocycles. The van der Waals surface area contributed by atoms with Crippen molar-refractivity contribution in [2.45, 2.75) is 0 Å². The number of carbonyl (C=O) groups excluding carboxylic acids is 1. The highest BCUT2D eigenvalue weighted by molar-refractivity contribution is 6.04. The van der Waals surface area contributed by atoms with E-state index in [9.17, 15) is 4.79 Å². The lowest BCUT2D eigenvalue weighted by atomic mass is 10.2. The van der Waals surface area contributed by atoms with Gasteiger partial charge in [-0.3, -0.25) is 9.78 Å². The Labute approximate surface area is 115 Å². The van der Waals surface area contributed by atoms with Gasteiger partial charge in [-0.2, -0.15) is 0 Å². The van der Waals surface area contributed by atoms with E-state index in [0.29, 0.717) is 11.3 Å². The largest absolute Gasteiger partial charge is 0.497 e. The van der Waals surface area contributed by atoms with E-state index < -0.39 is 0 Å². The van der Waals surface area contributed by atoms with Crippen LogP contribution in [-0.2, 0) is 0 Å². The molecule has 0 saturated carbocycles. The first-order chi connectivity index (χ1) is 9.76. The molecule has 1 N–H and O–H groups in total. The monoisotopic (exact) mass is 268 g/mol. The second-order valence-electron chi connectivity index (χ2n) is 4.21. The minimum Gasteiger partial charge on any atom is -0.497 e. The molecule has 0 atom stereocenters. The Balaban J connectivity index is 1.88. The number of hydrogen-bond donors (Lipinski definition) is 1. The standard InChI is InChI=1S/C15H12N2O3/c1-19-12-4-5-13-10(7-12)8-14(20-13)15(18)17-11-3-2-6-16-9-11/h2-9H,1H3,(H,17,18). The van der Waals surface area contributed by atoms with Gasteiger partial charge in [0.15, 0.2) is 5.76 Å². The number of furan rings is 1. The maximum Gasteiger partial charge on any atom is 0.291 e. The third-order valence-corrected chi connectivity index (χ3v) is 2.87. The first-order valence-electron chi connectivity index (χ1n) is 6.05. The molecule has 2 aromatic heterocycles. The molecule has 0 radical (unpaired) electrons. The zero-order chi connectivity index (χ0) is 13.9. The Kier molecular flexibility index (Phi) is 3.09. The van der Waals surface area contributed by atoms with Crippen LogP contribution in [0.2, 0.25) is 0 Å². The van der Waals surface area contributed by atoms with Crippen LogP contribution < -0.4 is 10.1 Å². The second-order valence-corrected chi connectivity index (χ2v) is 4.21. The number of pyridine rings is 1. The Bertz CT molecular complexity index is 750. The Morgan fingerprint density at radius 1 is 1.30 bits per heavy atom. The van der Waals surface area contributed by atoms with Crippen LogP contribution >= 0.6 is 0 Å². The summed E-state index contributed by atoms with van der Waals surface area (Å²) in [4.78, 5) is 16.0. The summed E-state index contributed by atoms with van der Waals surface area (Å²) in [6, 6.07) is 10.6. The van der Waals surface area contributed by atoms with Gasteiger partial charge in [0, 0.05) is 11.6 Å². The van der Waals surface area contributed by atoms with Crippen LogP contribution in [0.15, 0.2) is 53.2 Å². The van der Waals surface area contributed by atoms with E-state index in [4.69, 9.17) is 9.15 Å². The minimum absolute atomic E-state index is 0.247. The van der Waals surface area contributed by atoms with Gasteiger partial charge >= 0.3 is 0 Å². The molecule has 20 heavy (non-hydrogen) atoms. The molecular weight excluding hydrogens is 256 g/mol. The van der Waals surface area contributed by atoms with Gasteiger partial charge in [0.25, 0.3) is 5.91 Å². The van der Waals surface area contributed by atoms with Crippen LogP contribution in [-0.4, -0.2) is 18.0 Å². The number of ether oxygens (including phenoxy) is 1. The summed E-state index contributed by atoms with van der Waals surface area (Å²) in [5, 5.41) is 3.54. The first kappa shape index (κ1) is 12.2. The lowest BCUT2D eigenvalue weighted by Gasteiger charge is -2.00. The lowest BCUT2D eigenvalue weighted by Crippen LogP contribution is -2.10. The zero-order valence-electron chi connectivity index (χ0n) is 10.8. The first-order valence-corrected chi connectivity index (χ1v) is 6.05. The van der Waals surface area contributed by atoms with E-state index in [2.05, 4.69) is 10.3 Å². The molecule has 0 aliphatic rings. The van der Waals surface area contributed by atoms with Crippen molar-refractivity contribution in [3.63, 3.8) is 0 Å². The highest BCUT2D eigenvalue weighted by Gasteiger charge is 2.13. The van der Waals surface area contributed by atoms with Gasteiger partial charge in [0.05, 0.1) is 19.0 Å². The number of anilines is 1. The summed E-state index contributed by atoms with van der Waals surface area (Å²) in [6.07, 6.45) is 3.21. The molecule has 1 amide bonds. The fraction of sp³-hybridized carbons (Fsp3) is 0.0667. The van der Waals surface area contributed by atoms with Crippen molar-refractivity contribution >= 4 is 22.6 Å². The molecule has 0 saturated heterocycles. The third-order valence-electron chi connectivity index (χ3n) is 2.87. The molecule has 100 valence electrons. The quantitative estimate of drug-likeness (QED) is 0.792. The summed E-state index contributed by atoms with van der Waals surface area (Å²) < 4.78 is 10.7. The molecular formula is C15H12N2O3. The Morgan fingerprint density at radius 3 is 2.95 bits per heavy atom. The van der Waals surface area contributed by atoms with Crippen molar-refractivity contribution < 1.29 is 13.9 Å². The van der Waals surface area contributed by atoms with Crippen molar-refractivity contribution in [1.29, 1.82) is 0 Å². The molecule has 0 bridgehead atoms. The molecule has 5 heteroatoms. The van der Waals surface area contributed by atoms with Crippen LogP contribution in [0.5, 0.6) is 5.75 Å². The van der Waals surface area contributed by atoms with E-state index in [1.807, 2.05) is 6.07 Å². The minimum atomic E-state index is -0.312. The molecule has 0 aliphatic heterocycles. The topological polar surface area (TPSA) is 64.4 Å². The summed E-state index contributed by atoms with van der Waals surface area (Å²) >= 11 is 0. The van der Waals surface area contributed by atoms with Crippen LogP contribution in [0.4, 0.5) is 5.69 Å². The summed E-state index contributed by atoms with van der Waals surface area (Å²) in [5.41, 5.74) is 1.26. The second kappa shape index (κ2) is 5.05. The number of fused-ring (bicyclic) bond motifs is 1. The SMILES string of the molecule is COc1ccc2oc(C(=O)Nc3cccnc3)cc2c1. The van der Waals surface area contributed by atoms with Crippen LogP contribution in [0.3, 0.4) is 0 Å². The van der Waals surface area contributed by atoms with Crippen molar-refractivity contribution in [3.8, 4) is 5.75 Å². The van der Waals surface area contributed by atoms with Crippen molar-refractivity contribution in [2.24, 2.45) is 0 Å². The number of aromatic nitrogens is 1. The number of amides is 1.